The number of benzene rings is 2. The monoisotopic (exact) mass is 418 g/mol. The van der Waals surface area contributed by atoms with Gasteiger partial charge in [0.25, 0.3) is 0 Å². The molecule has 4 nitrogen and oxygen atoms in total. The predicted molar refractivity (Wildman–Crippen MR) is 108 cm³/mol. The third kappa shape index (κ3) is 4.71. The Kier molecular flexibility index (Phi) is 5.61. The third-order valence-corrected chi connectivity index (χ3v) is 6.22. The average Bonchev–Trinajstić information content (AvgIpc) is 2.98. The van der Waals surface area contributed by atoms with Crippen molar-refractivity contribution in [1.82, 2.24) is 9.55 Å². The van der Waals surface area contributed by atoms with E-state index in [1.807, 2.05) is 53.4 Å². The maximum absolute atomic E-state index is 6.05. The lowest BCUT2D eigenvalue weighted by molar-refractivity contribution is 0.0898. The molecule has 3 rings (SSSR count). The lowest BCUT2D eigenvalue weighted by Crippen LogP contribution is -2.21. The highest BCUT2D eigenvalue weighted by Gasteiger charge is 2.15. The number of fused-ring (bicyclic) bond motifs is 1. The Hall–Kier alpha value is -1.63. The van der Waals surface area contributed by atoms with Gasteiger partial charge in [-0.15, -0.1) is 0 Å². The van der Waals surface area contributed by atoms with E-state index in [0.29, 0.717) is 6.73 Å². The Balaban J connectivity index is 1.78. The molecule has 0 fully saturated rings. The minimum absolute atomic E-state index is 0.507. The van der Waals surface area contributed by atoms with Crippen LogP contribution in [0.5, 0.6) is 11.5 Å². The fourth-order valence-corrected chi connectivity index (χ4v) is 3.59. The lowest BCUT2D eigenvalue weighted by atomic mass is 10.3. The van der Waals surface area contributed by atoms with Gasteiger partial charge in [0.05, 0.1) is 16.3 Å². The van der Waals surface area contributed by atoms with Gasteiger partial charge in [0.15, 0.2) is 5.75 Å². The first-order valence-electron chi connectivity index (χ1n) is 8.38. The van der Waals surface area contributed by atoms with Crippen molar-refractivity contribution in [2.24, 2.45) is 0 Å². The second-order valence-corrected chi connectivity index (χ2v) is 13.7. The molecule has 0 aliphatic carbocycles. The highest BCUT2D eigenvalue weighted by atomic mass is 79.9. The van der Waals surface area contributed by atoms with Gasteiger partial charge in [-0.1, -0.05) is 37.8 Å². The SMILES string of the molecule is C[Si](C)(C)CCOCn1cnc2c(Oc3ccccc3)c(Br)ccc21. The van der Waals surface area contributed by atoms with Crippen molar-refractivity contribution in [3.8, 4) is 11.5 Å². The van der Waals surface area contributed by atoms with Crippen LogP contribution in [0, 0.1) is 0 Å². The summed E-state index contributed by atoms with van der Waals surface area (Å²) in [5.74, 6) is 1.51. The molecule has 0 saturated carbocycles. The number of nitrogens with zero attached hydrogens (tertiary/aromatic N) is 2. The number of halogens is 1. The molecule has 0 amide bonds. The number of rotatable bonds is 7. The average molecular weight is 419 g/mol. The van der Waals surface area contributed by atoms with Crippen LogP contribution in [0.1, 0.15) is 0 Å². The van der Waals surface area contributed by atoms with Crippen LogP contribution in [0.4, 0.5) is 0 Å². The zero-order valence-electron chi connectivity index (χ0n) is 14.8. The van der Waals surface area contributed by atoms with Gasteiger partial charge in [-0.05, 0) is 46.2 Å². The van der Waals surface area contributed by atoms with Gasteiger partial charge in [0.2, 0.25) is 0 Å². The summed E-state index contributed by atoms with van der Waals surface area (Å²) in [7, 11) is -1.07. The summed E-state index contributed by atoms with van der Waals surface area (Å²) in [6.07, 6.45) is 1.81. The Bertz CT molecular complexity index is 844. The first-order chi connectivity index (χ1) is 11.9. The van der Waals surface area contributed by atoms with Gasteiger partial charge in [-0.25, -0.2) is 4.98 Å². The number of ether oxygens (including phenoxy) is 2. The van der Waals surface area contributed by atoms with Gasteiger partial charge < -0.3 is 14.0 Å². The summed E-state index contributed by atoms with van der Waals surface area (Å²) >= 11 is 3.57. The van der Waals surface area contributed by atoms with E-state index >= 15 is 0 Å². The second-order valence-electron chi connectivity index (χ2n) is 7.22. The fraction of sp³-hybridized carbons (Fsp3) is 0.316. The molecule has 0 radical (unpaired) electrons. The van der Waals surface area contributed by atoms with E-state index in [-0.39, 0.29) is 0 Å². The van der Waals surface area contributed by atoms with Gasteiger partial charge in [-0.2, -0.15) is 0 Å². The van der Waals surface area contributed by atoms with Crippen molar-refractivity contribution in [3.63, 3.8) is 0 Å². The zero-order chi connectivity index (χ0) is 17.9. The summed E-state index contributed by atoms with van der Waals surface area (Å²) in [5.41, 5.74) is 1.83. The Morgan fingerprint density at radius 1 is 1.08 bits per heavy atom. The van der Waals surface area contributed by atoms with Crippen LogP contribution in [-0.4, -0.2) is 24.2 Å². The molecule has 2 aromatic carbocycles. The lowest BCUT2D eigenvalue weighted by Gasteiger charge is -2.15. The smallest absolute Gasteiger partial charge is 0.169 e. The third-order valence-electron chi connectivity index (χ3n) is 3.89. The van der Waals surface area contributed by atoms with Crippen LogP contribution >= 0.6 is 15.9 Å². The van der Waals surface area contributed by atoms with Gasteiger partial charge in [0, 0.05) is 14.7 Å². The summed E-state index contributed by atoms with van der Waals surface area (Å²) in [6.45, 7) is 8.36. The largest absolute Gasteiger partial charge is 0.454 e. The van der Waals surface area contributed by atoms with Crippen molar-refractivity contribution in [3.05, 3.63) is 53.3 Å². The standard InChI is InChI=1S/C19H23BrN2O2Si/c1-25(2,3)12-11-23-14-22-13-21-18-17(22)10-9-16(20)19(18)24-15-7-5-4-6-8-15/h4-10,13H,11-12,14H2,1-3H3. The normalized spacial score (nSPS) is 11.8. The van der Waals surface area contributed by atoms with Crippen LogP contribution in [0.15, 0.2) is 53.3 Å². The van der Waals surface area contributed by atoms with Crippen molar-refractivity contribution < 1.29 is 9.47 Å². The minimum Gasteiger partial charge on any atom is -0.454 e. The van der Waals surface area contributed by atoms with E-state index in [4.69, 9.17) is 9.47 Å². The summed E-state index contributed by atoms with van der Waals surface area (Å²) in [5, 5.41) is 0. The molecule has 0 spiro atoms. The van der Waals surface area contributed by atoms with E-state index in [1.54, 1.807) is 0 Å². The number of imidazole rings is 1. The van der Waals surface area contributed by atoms with Gasteiger partial charge >= 0.3 is 0 Å². The van der Waals surface area contributed by atoms with E-state index in [1.165, 1.54) is 0 Å². The van der Waals surface area contributed by atoms with Crippen LogP contribution in [0.25, 0.3) is 11.0 Å². The van der Waals surface area contributed by atoms with E-state index in [0.717, 1.165) is 39.7 Å². The van der Waals surface area contributed by atoms with E-state index in [9.17, 15) is 0 Å². The van der Waals surface area contributed by atoms with Crippen molar-refractivity contribution >= 4 is 35.0 Å². The Morgan fingerprint density at radius 2 is 1.84 bits per heavy atom. The Labute approximate surface area is 157 Å². The van der Waals surface area contributed by atoms with Crippen LogP contribution in [0.3, 0.4) is 0 Å². The highest BCUT2D eigenvalue weighted by molar-refractivity contribution is 9.10. The van der Waals surface area contributed by atoms with Crippen molar-refractivity contribution in [1.29, 1.82) is 0 Å². The second kappa shape index (κ2) is 7.72. The minimum atomic E-state index is -1.07. The number of hydrogen-bond donors (Lipinski definition) is 0. The summed E-state index contributed by atoms with van der Waals surface area (Å²) in [6, 6.07) is 14.9. The molecular weight excluding hydrogens is 396 g/mol. The molecule has 1 heterocycles. The van der Waals surface area contributed by atoms with E-state index < -0.39 is 8.07 Å². The van der Waals surface area contributed by atoms with Crippen molar-refractivity contribution in [2.45, 2.75) is 32.4 Å². The Morgan fingerprint density at radius 3 is 2.56 bits per heavy atom. The maximum Gasteiger partial charge on any atom is 0.169 e. The molecule has 132 valence electrons. The first-order valence-corrected chi connectivity index (χ1v) is 12.9. The number of aromatic nitrogens is 2. The van der Waals surface area contributed by atoms with Crippen molar-refractivity contribution in [2.75, 3.05) is 6.61 Å². The number of hydrogen-bond acceptors (Lipinski definition) is 3. The summed E-state index contributed by atoms with van der Waals surface area (Å²) < 4.78 is 14.8. The quantitative estimate of drug-likeness (QED) is 0.353. The fourth-order valence-electron chi connectivity index (χ4n) is 2.43. The summed E-state index contributed by atoms with van der Waals surface area (Å²) in [4.78, 5) is 4.54. The van der Waals surface area contributed by atoms with Crippen LogP contribution < -0.4 is 4.74 Å². The van der Waals surface area contributed by atoms with Crippen LogP contribution in [-0.2, 0) is 11.5 Å². The molecule has 0 unspecified atom stereocenters. The molecule has 6 heteroatoms. The maximum atomic E-state index is 6.05. The molecule has 1 aromatic heterocycles. The molecule has 0 N–H and O–H groups in total. The molecule has 0 aliphatic rings. The number of para-hydroxylation sites is 1. The highest BCUT2D eigenvalue weighted by Crippen LogP contribution is 2.36. The molecule has 0 atom stereocenters. The van der Waals surface area contributed by atoms with Gasteiger partial charge in [-0.3, -0.25) is 0 Å². The molecule has 25 heavy (non-hydrogen) atoms. The first kappa shape index (κ1) is 18.2. The zero-order valence-corrected chi connectivity index (χ0v) is 17.4. The van der Waals surface area contributed by atoms with Crippen LogP contribution in [0.2, 0.25) is 25.7 Å². The van der Waals surface area contributed by atoms with E-state index in [2.05, 4.69) is 40.6 Å². The molecular formula is C19H23BrN2O2Si. The molecule has 0 aliphatic heterocycles. The van der Waals surface area contributed by atoms with Gasteiger partial charge in [0.1, 0.15) is 18.0 Å². The molecule has 0 bridgehead atoms. The predicted octanol–water partition coefficient (Wildman–Crippen LogP) is 5.90. The molecule has 3 aromatic rings. The molecule has 0 saturated heterocycles. The topological polar surface area (TPSA) is 36.3 Å².